The fraction of sp³-hybridized carbons (Fsp3) is 0.312. The molecule has 2 N–H and O–H groups in total. The van der Waals surface area contributed by atoms with Gasteiger partial charge in [0.2, 0.25) is 0 Å². The number of anilines is 2. The van der Waals surface area contributed by atoms with Crippen molar-refractivity contribution < 1.29 is 14.7 Å². The van der Waals surface area contributed by atoms with E-state index < -0.39 is 11.9 Å². The van der Waals surface area contributed by atoms with Crippen LogP contribution in [0.25, 0.3) is 0 Å². The molecule has 0 bridgehead atoms. The Bertz CT molecular complexity index is 702. The average molecular weight is 331 g/mol. The van der Waals surface area contributed by atoms with Crippen LogP contribution in [-0.4, -0.2) is 40.0 Å². The second-order valence-electron chi connectivity index (χ2n) is 5.45. The molecule has 120 valence electrons. The first-order chi connectivity index (χ1) is 11.1. The monoisotopic (exact) mass is 331 g/mol. The van der Waals surface area contributed by atoms with E-state index in [1.807, 2.05) is 30.3 Å². The van der Waals surface area contributed by atoms with E-state index in [1.54, 1.807) is 10.4 Å². The topological polar surface area (TPSA) is 82.5 Å². The Morgan fingerprint density at radius 1 is 1.30 bits per heavy atom. The number of nitrogens with zero attached hydrogens (tertiary/aromatic N) is 2. The second-order valence-corrected chi connectivity index (χ2v) is 6.30. The highest BCUT2D eigenvalue weighted by atomic mass is 32.1. The van der Waals surface area contributed by atoms with Crippen LogP contribution >= 0.6 is 11.3 Å². The SMILES string of the molecule is O=C(O)C1CCCN(C(=O)c2ncsc2Nc2ccccc2)C1. The summed E-state index contributed by atoms with van der Waals surface area (Å²) in [5, 5.41) is 13.0. The van der Waals surface area contributed by atoms with Crippen molar-refractivity contribution in [3.63, 3.8) is 0 Å². The molecule has 1 amide bonds. The first-order valence-corrected chi connectivity index (χ1v) is 8.31. The standard InChI is InChI=1S/C16H17N3O3S/c20-15(19-8-4-5-11(9-19)16(21)22)13-14(23-10-17-13)18-12-6-2-1-3-7-12/h1-3,6-7,10-11,18H,4-5,8-9H2,(H,21,22). The largest absolute Gasteiger partial charge is 0.481 e. The van der Waals surface area contributed by atoms with Crippen LogP contribution in [0, 0.1) is 5.92 Å². The van der Waals surface area contributed by atoms with Crippen molar-refractivity contribution in [3.8, 4) is 0 Å². The van der Waals surface area contributed by atoms with E-state index in [9.17, 15) is 9.59 Å². The van der Waals surface area contributed by atoms with Gasteiger partial charge in [0.1, 0.15) is 5.00 Å². The lowest BCUT2D eigenvalue weighted by molar-refractivity contribution is -0.143. The van der Waals surface area contributed by atoms with E-state index >= 15 is 0 Å². The molecule has 1 aromatic heterocycles. The Morgan fingerprint density at radius 3 is 2.83 bits per heavy atom. The summed E-state index contributed by atoms with van der Waals surface area (Å²) in [6, 6.07) is 9.56. The summed E-state index contributed by atoms with van der Waals surface area (Å²) in [5.74, 6) is -1.55. The highest BCUT2D eigenvalue weighted by Gasteiger charge is 2.30. The summed E-state index contributed by atoms with van der Waals surface area (Å²) in [5.41, 5.74) is 2.86. The molecule has 0 aliphatic carbocycles. The number of nitrogens with one attached hydrogen (secondary N) is 1. The van der Waals surface area contributed by atoms with Crippen LogP contribution in [0.4, 0.5) is 10.7 Å². The van der Waals surface area contributed by atoms with Gasteiger partial charge in [-0.15, -0.1) is 11.3 Å². The fourth-order valence-electron chi connectivity index (χ4n) is 2.65. The van der Waals surface area contributed by atoms with Gasteiger partial charge in [-0.3, -0.25) is 9.59 Å². The molecule has 1 saturated heterocycles. The zero-order chi connectivity index (χ0) is 16.2. The van der Waals surface area contributed by atoms with Gasteiger partial charge in [0.25, 0.3) is 5.91 Å². The lowest BCUT2D eigenvalue weighted by atomic mass is 9.98. The predicted molar refractivity (Wildman–Crippen MR) is 88.1 cm³/mol. The van der Waals surface area contributed by atoms with E-state index in [0.717, 1.165) is 5.69 Å². The number of hydrogen-bond acceptors (Lipinski definition) is 5. The maximum absolute atomic E-state index is 12.7. The van der Waals surface area contributed by atoms with Gasteiger partial charge in [0.15, 0.2) is 5.69 Å². The van der Waals surface area contributed by atoms with E-state index in [0.29, 0.717) is 30.1 Å². The van der Waals surface area contributed by atoms with Crippen LogP contribution in [0.3, 0.4) is 0 Å². The van der Waals surface area contributed by atoms with E-state index in [-0.39, 0.29) is 12.5 Å². The first-order valence-electron chi connectivity index (χ1n) is 7.43. The third-order valence-corrected chi connectivity index (χ3v) is 4.60. The van der Waals surface area contributed by atoms with Crippen LogP contribution in [0.5, 0.6) is 0 Å². The Morgan fingerprint density at radius 2 is 2.09 bits per heavy atom. The number of benzene rings is 1. The highest BCUT2D eigenvalue weighted by molar-refractivity contribution is 7.14. The second kappa shape index (κ2) is 6.78. The highest BCUT2D eigenvalue weighted by Crippen LogP contribution is 2.27. The van der Waals surface area contributed by atoms with Crippen molar-refractivity contribution in [1.82, 2.24) is 9.88 Å². The Hall–Kier alpha value is -2.41. The van der Waals surface area contributed by atoms with Gasteiger partial charge in [-0.1, -0.05) is 18.2 Å². The van der Waals surface area contributed by atoms with Crippen molar-refractivity contribution in [2.45, 2.75) is 12.8 Å². The minimum Gasteiger partial charge on any atom is -0.481 e. The van der Waals surface area contributed by atoms with Crippen LogP contribution in [-0.2, 0) is 4.79 Å². The number of piperidine rings is 1. The van der Waals surface area contributed by atoms with Gasteiger partial charge in [-0.2, -0.15) is 0 Å². The quantitative estimate of drug-likeness (QED) is 0.900. The average Bonchev–Trinajstić information content (AvgIpc) is 3.03. The Balaban J connectivity index is 1.75. The molecular weight excluding hydrogens is 314 g/mol. The summed E-state index contributed by atoms with van der Waals surface area (Å²) >= 11 is 1.36. The predicted octanol–water partition coefficient (Wildman–Crippen LogP) is 2.82. The normalized spacial score (nSPS) is 17.7. The van der Waals surface area contributed by atoms with Crippen molar-refractivity contribution >= 4 is 33.9 Å². The van der Waals surface area contributed by atoms with E-state index in [4.69, 9.17) is 5.11 Å². The van der Waals surface area contributed by atoms with Gasteiger partial charge in [-0.25, -0.2) is 4.98 Å². The lowest BCUT2D eigenvalue weighted by Gasteiger charge is -2.30. The number of aromatic nitrogens is 1. The van der Waals surface area contributed by atoms with Crippen molar-refractivity contribution in [2.24, 2.45) is 5.92 Å². The van der Waals surface area contributed by atoms with Crippen molar-refractivity contribution in [1.29, 1.82) is 0 Å². The summed E-state index contributed by atoms with van der Waals surface area (Å²) in [4.78, 5) is 29.6. The minimum atomic E-state index is -0.844. The third kappa shape index (κ3) is 3.50. The number of carbonyl (C=O) groups excluding carboxylic acids is 1. The summed E-state index contributed by atoms with van der Waals surface area (Å²) in [6.07, 6.45) is 1.32. The number of carboxylic acids is 1. The van der Waals surface area contributed by atoms with E-state index in [2.05, 4.69) is 10.3 Å². The number of carbonyl (C=O) groups is 2. The molecule has 1 atom stereocenters. The number of para-hydroxylation sites is 1. The maximum atomic E-state index is 12.7. The van der Waals surface area contributed by atoms with Gasteiger partial charge in [-0.05, 0) is 25.0 Å². The van der Waals surface area contributed by atoms with Crippen LogP contribution in [0.1, 0.15) is 23.3 Å². The number of thiazole rings is 1. The molecule has 0 radical (unpaired) electrons. The maximum Gasteiger partial charge on any atom is 0.308 e. The number of aliphatic carboxylic acids is 1. The lowest BCUT2D eigenvalue weighted by Crippen LogP contribution is -2.42. The van der Waals surface area contributed by atoms with Crippen LogP contribution in [0.15, 0.2) is 35.8 Å². The molecule has 6 nitrogen and oxygen atoms in total. The molecule has 1 aliphatic rings. The molecule has 1 fully saturated rings. The summed E-state index contributed by atoms with van der Waals surface area (Å²) in [7, 11) is 0. The zero-order valence-corrected chi connectivity index (χ0v) is 13.3. The third-order valence-electron chi connectivity index (χ3n) is 3.86. The molecule has 3 rings (SSSR count). The van der Waals surface area contributed by atoms with Gasteiger partial charge >= 0.3 is 5.97 Å². The number of hydrogen-bond donors (Lipinski definition) is 2. The molecule has 2 heterocycles. The zero-order valence-electron chi connectivity index (χ0n) is 12.4. The Labute approximate surface area is 137 Å². The molecule has 2 aromatic rings. The minimum absolute atomic E-state index is 0.212. The van der Waals surface area contributed by atoms with Crippen molar-refractivity contribution in [2.75, 3.05) is 18.4 Å². The summed E-state index contributed by atoms with van der Waals surface area (Å²) < 4.78 is 0. The number of amides is 1. The van der Waals surface area contributed by atoms with E-state index in [1.165, 1.54) is 11.3 Å². The summed E-state index contributed by atoms with van der Waals surface area (Å²) in [6.45, 7) is 0.821. The van der Waals surface area contributed by atoms with Crippen molar-refractivity contribution in [3.05, 3.63) is 41.5 Å². The van der Waals surface area contributed by atoms with Crippen LogP contribution < -0.4 is 5.32 Å². The van der Waals surface area contributed by atoms with Gasteiger partial charge in [0, 0.05) is 18.8 Å². The molecule has 1 unspecified atom stereocenters. The molecule has 1 aliphatic heterocycles. The smallest absolute Gasteiger partial charge is 0.308 e. The molecule has 0 saturated carbocycles. The van der Waals surface area contributed by atoms with Gasteiger partial charge < -0.3 is 15.3 Å². The molecule has 0 spiro atoms. The first kappa shape index (κ1) is 15.5. The molecule has 1 aromatic carbocycles. The van der Waals surface area contributed by atoms with Gasteiger partial charge in [0.05, 0.1) is 11.4 Å². The molecule has 23 heavy (non-hydrogen) atoms. The molecule has 7 heteroatoms. The molecular formula is C16H17N3O3S. The number of rotatable bonds is 4. The van der Waals surface area contributed by atoms with Crippen LogP contribution in [0.2, 0.25) is 0 Å². The number of carboxylic acid groups (broad SMARTS) is 1. The number of likely N-dealkylation sites (tertiary alicyclic amines) is 1. The Kier molecular flexibility index (Phi) is 4.57. The fourth-order valence-corrected chi connectivity index (χ4v) is 3.34.